The second kappa shape index (κ2) is 8.16. The van der Waals surface area contributed by atoms with Gasteiger partial charge in [0.25, 0.3) is 0 Å². The first-order valence-corrected chi connectivity index (χ1v) is 6.30. The summed E-state index contributed by atoms with van der Waals surface area (Å²) in [6.07, 6.45) is -0.294. The lowest BCUT2D eigenvalue weighted by atomic mass is 10.1. The lowest BCUT2D eigenvalue weighted by Gasteiger charge is -2.22. The van der Waals surface area contributed by atoms with Gasteiger partial charge in [0.15, 0.2) is 0 Å². The lowest BCUT2D eigenvalue weighted by Crippen LogP contribution is -2.33. The fraction of sp³-hybridized carbons (Fsp3) is 0.429. The van der Waals surface area contributed by atoms with Crippen LogP contribution in [0.15, 0.2) is 24.3 Å². The first-order valence-electron chi connectivity index (χ1n) is 6.30. The Morgan fingerprint density at radius 3 is 2.55 bits per heavy atom. The minimum atomic E-state index is -1.01. The van der Waals surface area contributed by atoms with Gasteiger partial charge in [0.2, 0.25) is 5.91 Å². The molecule has 1 amide bonds. The Morgan fingerprint density at radius 2 is 1.95 bits per heavy atom. The van der Waals surface area contributed by atoms with E-state index in [0.29, 0.717) is 5.75 Å². The number of carbonyl (C=O) groups excluding carboxylic acids is 1. The molecule has 6 nitrogen and oxygen atoms in total. The molecule has 0 radical (unpaired) electrons. The number of nitrogens with zero attached hydrogens (tertiary/aromatic N) is 1. The van der Waals surface area contributed by atoms with Crippen LogP contribution in [0.25, 0.3) is 0 Å². The molecule has 0 saturated heterocycles. The third-order valence-corrected chi connectivity index (χ3v) is 2.83. The summed E-state index contributed by atoms with van der Waals surface area (Å²) in [6, 6.07) is 7.27. The van der Waals surface area contributed by atoms with Gasteiger partial charge in [0, 0.05) is 25.1 Å². The van der Waals surface area contributed by atoms with Crippen molar-refractivity contribution in [3.63, 3.8) is 0 Å². The largest absolute Gasteiger partial charge is 0.496 e. The van der Waals surface area contributed by atoms with E-state index >= 15 is 0 Å². The third kappa shape index (κ3) is 4.89. The maximum Gasteiger partial charge on any atom is 0.303 e. The quantitative estimate of drug-likeness (QED) is 0.738. The van der Waals surface area contributed by atoms with E-state index in [1.165, 1.54) is 4.90 Å². The number of aliphatic hydroxyl groups excluding tert-OH is 1. The first-order chi connectivity index (χ1) is 9.58. The summed E-state index contributed by atoms with van der Waals surface area (Å²) in [5, 5.41) is 17.6. The van der Waals surface area contributed by atoms with E-state index in [2.05, 4.69) is 0 Å². The number of amides is 1. The number of carboxylic acids is 1. The SMILES string of the molecule is COc1ccccc1CN(CCO)C(=O)CCC(=O)O. The van der Waals surface area contributed by atoms with Gasteiger partial charge in [-0.1, -0.05) is 18.2 Å². The summed E-state index contributed by atoms with van der Waals surface area (Å²) < 4.78 is 5.21. The van der Waals surface area contributed by atoms with Gasteiger partial charge in [-0.15, -0.1) is 0 Å². The average molecular weight is 281 g/mol. The number of benzene rings is 1. The maximum atomic E-state index is 12.0. The van der Waals surface area contributed by atoms with E-state index in [1.54, 1.807) is 13.2 Å². The molecule has 0 aliphatic carbocycles. The van der Waals surface area contributed by atoms with E-state index in [4.69, 9.17) is 14.9 Å². The molecule has 6 heteroatoms. The molecular weight excluding hydrogens is 262 g/mol. The molecular formula is C14H19NO5. The second-order valence-electron chi connectivity index (χ2n) is 4.24. The fourth-order valence-electron chi connectivity index (χ4n) is 1.82. The Bertz CT molecular complexity index is 461. The van der Waals surface area contributed by atoms with Crippen molar-refractivity contribution in [1.82, 2.24) is 4.90 Å². The summed E-state index contributed by atoms with van der Waals surface area (Å²) in [6.45, 7) is 0.271. The smallest absolute Gasteiger partial charge is 0.303 e. The van der Waals surface area contributed by atoms with Gasteiger partial charge in [-0.3, -0.25) is 9.59 Å². The van der Waals surface area contributed by atoms with Crippen molar-refractivity contribution >= 4 is 11.9 Å². The summed E-state index contributed by atoms with van der Waals surface area (Å²) in [5.41, 5.74) is 0.812. The van der Waals surface area contributed by atoms with Crippen LogP contribution in [0.1, 0.15) is 18.4 Å². The Morgan fingerprint density at radius 1 is 1.25 bits per heavy atom. The summed E-state index contributed by atoms with van der Waals surface area (Å²) >= 11 is 0. The Balaban J connectivity index is 2.75. The minimum Gasteiger partial charge on any atom is -0.496 e. The number of ether oxygens (including phenoxy) is 1. The number of hydrogen-bond donors (Lipinski definition) is 2. The van der Waals surface area contributed by atoms with Crippen LogP contribution in [0.4, 0.5) is 0 Å². The highest BCUT2D eigenvalue weighted by Gasteiger charge is 2.16. The number of hydrogen-bond acceptors (Lipinski definition) is 4. The van der Waals surface area contributed by atoms with Gasteiger partial charge >= 0.3 is 5.97 Å². The van der Waals surface area contributed by atoms with Crippen LogP contribution in [0.2, 0.25) is 0 Å². The summed E-state index contributed by atoms with van der Waals surface area (Å²) in [5.74, 6) is -0.659. The molecule has 0 unspecified atom stereocenters. The molecule has 0 bridgehead atoms. The zero-order chi connectivity index (χ0) is 15.0. The normalized spacial score (nSPS) is 10.1. The van der Waals surface area contributed by atoms with Crippen molar-refractivity contribution in [1.29, 1.82) is 0 Å². The van der Waals surface area contributed by atoms with Gasteiger partial charge in [0.1, 0.15) is 5.75 Å². The molecule has 1 aromatic rings. The summed E-state index contributed by atoms with van der Waals surface area (Å²) in [4.78, 5) is 23.9. The Hall–Kier alpha value is -2.08. The van der Waals surface area contributed by atoms with Crippen molar-refractivity contribution in [2.24, 2.45) is 0 Å². The number of methoxy groups -OCH3 is 1. The van der Waals surface area contributed by atoms with Crippen LogP contribution < -0.4 is 4.74 Å². The lowest BCUT2D eigenvalue weighted by molar-refractivity contribution is -0.141. The molecule has 0 aromatic heterocycles. The molecule has 1 aromatic carbocycles. The molecule has 20 heavy (non-hydrogen) atoms. The van der Waals surface area contributed by atoms with Crippen LogP contribution in [0.5, 0.6) is 5.75 Å². The van der Waals surface area contributed by atoms with Crippen molar-refractivity contribution in [3.05, 3.63) is 29.8 Å². The van der Waals surface area contributed by atoms with Gasteiger partial charge in [-0.05, 0) is 6.07 Å². The van der Waals surface area contributed by atoms with Crippen molar-refractivity contribution in [2.45, 2.75) is 19.4 Å². The molecule has 0 heterocycles. The Labute approximate surface area is 117 Å². The van der Waals surface area contributed by atoms with E-state index in [0.717, 1.165) is 5.56 Å². The van der Waals surface area contributed by atoms with Gasteiger partial charge < -0.3 is 19.8 Å². The zero-order valence-corrected chi connectivity index (χ0v) is 11.4. The maximum absolute atomic E-state index is 12.0. The number of para-hydroxylation sites is 1. The molecule has 2 N–H and O–H groups in total. The number of aliphatic hydroxyl groups is 1. The molecule has 0 fully saturated rings. The number of carboxylic acid groups (broad SMARTS) is 1. The third-order valence-electron chi connectivity index (χ3n) is 2.83. The van der Waals surface area contributed by atoms with Crippen LogP contribution >= 0.6 is 0 Å². The van der Waals surface area contributed by atoms with Gasteiger partial charge in [-0.2, -0.15) is 0 Å². The summed E-state index contributed by atoms with van der Waals surface area (Å²) in [7, 11) is 1.54. The molecule has 0 saturated carbocycles. The zero-order valence-electron chi connectivity index (χ0n) is 11.4. The van der Waals surface area contributed by atoms with Crippen LogP contribution in [-0.4, -0.2) is 47.3 Å². The molecule has 0 aliphatic heterocycles. The van der Waals surface area contributed by atoms with E-state index in [1.807, 2.05) is 18.2 Å². The van der Waals surface area contributed by atoms with Crippen molar-refractivity contribution < 1.29 is 24.5 Å². The molecule has 110 valence electrons. The Kier molecular flexibility index (Phi) is 6.52. The van der Waals surface area contributed by atoms with Crippen LogP contribution in [0.3, 0.4) is 0 Å². The molecule has 0 atom stereocenters. The predicted molar refractivity (Wildman–Crippen MR) is 72.4 cm³/mol. The highest BCUT2D eigenvalue weighted by molar-refractivity contribution is 5.80. The van der Waals surface area contributed by atoms with Crippen LogP contribution in [-0.2, 0) is 16.1 Å². The molecule has 0 spiro atoms. The highest BCUT2D eigenvalue weighted by atomic mass is 16.5. The number of carbonyl (C=O) groups is 2. The van der Waals surface area contributed by atoms with Crippen molar-refractivity contribution in [3.8, 4) is 5.75 Å². The van der Waals surface area contributed by atoms with E-state index in [-0.39, 0.29) is 38.4 Å². The second-order valence-corrected chi connectivity index (χ2v) is 4.24. The topological polar surface area (TPSA) is 87.1 Å². The number of aliphatic carboxylic acids is 1. The molecule has 0 aliphatic rings. The monoisotopic (exact) mass is 281 g/mol. The first kappa shape index (κ1) is 16.0. The van der Waals surface area contributed by atoms with E-state index < -0.39 is 5.97 Å². The molecule has 1 rings (SSSR count). The number of rotatable bonds is 8. The van der Waals surface area contributed by atoms with E-state index in [9.17, 15) is 9.59 Å². The predicted octanol–water partition coefficient (Wildman–Crippen LogP) is 0.881. The minimum absolute atomic E-state index is 0.0789. The standard InChI is InChI=1S/C14H19NO5/c1-20-12-5-3-2-4-11(12)10-15(8-9-16)13(17)6-7-14(18)19/h2-5,16H,6-10H2,1H3,(H,18,19). The average Bonchev–Trinajstić information content (AvgIpc) is 2.44. The van der Waals surface area contributed by atoms with Gasteiger partial charge in [-0.25, -0.2) is 0 Å². The van der Waals surface area contributed by atoms with Crippen molar-refractivity contribution in [2.75, 3.05) is 20.3 Å². The fourth-order valence-corrected chi connectivity index (χ4v) is 1.82. The highest BCUT2D eigenvalue weighted by Crippen LogP contribution is 2.19. The van der Waals surface area contributed by atoms with Crippen LogP contribution in [0, 0.1) is 0 Å². The van der Waals surface area contributed by atoms with Gasteiger partial charge in [0.05, 0.1) is 20.1 Å².